The number of hydrogen-bond donors (Lipinski definition) is 1. The second-order valence-corrected chi connectivity index (χ2v) is 11.6. The maximum atomic E-state index is 14.4. The Bertz CT molecular complexity index is 1340. The number of aliphatic hydroxyl groups is 1. The van der Waals surface area contributed by atoms with Crippen LogP contribution in [0.1, 0.15) is 74.6 Å². The lowest BCUT2D eigenvalue weighted by atomic mass is 9.51. The number of rotatable bonds is 3. The van der Waals surface area contributed by atoms with Crippen molar-refractivity contribution >= 4 is 17.9 Å². The van der Waals surface area contributed by atoms with E-state index in [-0.39, 0.29) is 36.4 Å². The highest BCUT2D eigenvalue weighted by Crippen LogP contribution is 2.69. The van der Waals surface area contributed by atoms with Crippen molar-refractivity contribution in [3.05, 3.63) is 88.3 Å². The smallest absolute Gasteiger partial charge is 0.380 e. The van der Waals surface area contributed by atoms with Gasteiger partial charge in [0.15, 0.2) is 11.4 Å². The van der Waals surface area contributed by atoms with Crippen LogP contribution in [0.25, 0.3) is 12.2 Å². The number of alkyl halides is 3. The van der Waals surface area contributed by atoms with Crippen molar-refractivity contribution in [3.8, 4) is 0 Å². The van der Waals surface area contributed by atoms with Gasteiger partial charge in [0.05, 0.1) is 5.69 Å². The number of hydrogen-bond acceptors (Lipinski definition) is 3. The third-order valence-corrected chi connectivity index (χ3v) is 9.83. The number of ketones is 1. The van der Waals surface area contributed by atoms with Gasteiger partial charge in [-0.3, -0.25) is 9.78 Å². The average Bonchev–Trinajstić information content (AvgIpc) is 3.19. The molecule has 5 unspecified atom stereocenters. The number of pyridine rings is 1. The van der Waals surface area contributed by atoms with Crippen LogP contribution in [-0.4, -0.2) is 27.7 Å². The van der Waals surface area contributed by atoms with Gasteiger partial charge in [-0.2, -0.15) is 13.2 Å². The van der Waals surface area contributed by atoms with Crippen LogP contribution in [0.4, 0.5) is 13.2 Å². The van der Waals surface area contributed by atoms with E-state index in [9.17, 15) is 23.1 Å². The number of allylic oxidation sites excluding steroid dienone is 4. The number of fused-ring (bicyclic) bond motifs is 4. The fourth-order valence-corrected chi connectivity index (χ4v) is 7.93. The normalized spacial score (nSPS) is 33.1. The summed E-state index contributed by atoms with van der Waals surface area (Å²) >= 11 is 0. The lowest BCUT2D eigenvalue weighted by Gasteiger charge is -2.55. The van der Waals surface area contributed by atoms with Crippen molar-refractivity contribution in [2.75, 3.05) is 0 Å². The first-order valence-corrected chi connectivity index (χ1v) is 13.6. The Morgan fingerprint density at radius 3 is 2.53 bits per heavy atom. The topological polar surface area (TPSA) is 50.2 Å². The molecule has 2 fully saturated rings. The monoisotopic (exact) mass is 519 g/mol. The first-order valence-electron chi connectivity index (χ1n) is 13.6. The van der Waals surface area contributed by atoms with Gasteiger partial charge in [0.25, 0.3) is 0 Å². The maximum absolute atomic E-state index is 14.4. The van der Waals surface area contributed by atoms with E-state index in [0.717, 1.165) is 35.2 Å². The molecule has 2 aromatic rings. The molecule has 4 aliphatic rings. The van der Waals surface area contributed by atoms with Gasteiger partial charge in [-0.15, -0.1) is 0 Å². The SMILES string of the molecule is CC12CC(c3ccc(C=Cc4ccccn4)cc3)C3=C4CCC(=O)C=C4CCC3C1CCC2(O)C(F)(F)F. The van der Waals surface area contributed by atoms with Crippen LogP contribution in [0.3, 0.4) is 0 Å². The molecule has 4 aliphatic carbocycles. The molecule has 6 rings (SSSR count). The van der Waals surface area contributed by atoms with E-state index in [1.54, 1.807) is 19.2 Å². The summed E-state index contributed by atoms with van der Waals surface area (Å²) in [5, 5.41) is 11.2. The van der Waals surface area contributed by atoms with E-state index in [4.69, 9.17) is 0 Å². The molecule has 1 aromatic carbocycles. The van der Waals surface area contributed by atoms with Crippen LogP contribution < -0.4 is 0 Å². The van der Waals surface area contributed by atoms with Gasteiger partial charge in [0.2, 0.25) is 0 Å². The highest BCUT2D eigenvalue weighted by atomic mass is 19.4. The molecule has 1 N–H and O–H groups in total. The second-order valence-electron chi connectivity index (χ2n) is 11.6. The summed E-state index contributed by atoms with van der Waals surface area (Å²) < 4.78 is 43.1. The summed E-state index contributed by atoms with van der Waals surface area (Å²) in [6.45, 7) is 1.67. The number of carbonyl (C=O) groups excluding carboxylic acids is 1. The Balaban J connectivity index is 1.42. The van der Waals surface area contributed by atoms with E-state index in [1.807, 2.05) is 54.6 Å². The van der Waals surface area contributed by atoms with Crippen LogP contribution in [0, 0.1) is 17.3 Å². The van der Waals surface area contributed by atoms with Crippen LogP contribution in [0.15, 0.2) is 71.5 Å². The van der Waals surface area contributed by atoms with Gasteiger partial charge in [-0.25, -0.2) is 0 Å². The minimum atomic E-state index is -4.68. The van der Waals surface area contributed by atoms with E-state index in [0.29, 0.717) is 19.3 Å². The summed E-state index contributed by atoms with van der Waals surface area (Å²) in [5.41, 5.74) is 2.32. The van der Waals surface area contributed by atoms with E-state index < -0.39 is 17.2 Å². The van der Waals surface area contributed by atoms with Gasteiger partial charge in [-0.1, -0.05) is 48.9 Å². The Labute approximate surface area is 221 Å². The highest BCUT2D eigenvalue weighted by Gasteiger charge is 2.72. The number of carbonyl (C=O) groups is 1. The molecule has 1 aromatic heterocycles. The predicted molar refractivity (Wildman–Crippen MR) is 141 cm³/mol. The quantitative estimate of drug-likeness (QED) is 0.458. The molecular formula is C32H32F3NO2. The zero-order valence-electron chi connectivity index (χ0n) is 21.5. The highest BCUT2D eigenvalue weighted by molar-refractivity contribution is 5.93. The summed E-state index contributed by atoms with van der Waals surface area (Å²) in [6.07, 6.45) is 5.65. The molecule has 0 spiro atoms. The van der Waals surface area contributed by atoms with E-state index >= 15 is 0 Å². The largest absolute Gasteiger partial charge is 0.417 e. The van der Waals surface area contributed by atoms with Crippen LogP contribution >= 0.6 is 0 Å². The van der Waals surface area contributed by atoms with E-state index in [2.05, 4.69) is 4.98 Å². The Hall–Kier alpha value is -2.99. The van der Waals surface area contributed by atoms with Crippen molar-refractivity contribution in [2.24, 2.45) is 17.3 Å². The fourth-order valence-electron chi connectivity index (χ4n) is 7.93. The summed E-state index contributed by atoms with van der Waals surface area (Å²) in [6, 6.07) is 13.7. The Morgan fingerprint density at radius 1 is 1.03 bits per heavy atom. The summed E-state index contributed by atoms with van der Waals surface area (Å²) in [5.74, 6) is -0.336. The third kappa shape index (κ3) is 3.91. The summed E-state index contributed by atoms with van der Waals surface area (Å²) in [7, 11) is 0. The molecular weight excluding hydrogens is 487 g/mol. The van der Waals surface area contributed by atoms with Crippen LogP contribution in [-0.2, 0) is 4.79 Å². The van der Waals surface area contributed by atoms with Gasteiger partial charge in [0, 0.05) is 24.0 Å². The van der Waals surface area contributed by atoms with Crippen molar-refractivity contribution in [3.63, 3.8) is 0 Å². The molecule has 6 heteroatoms. The first kappa shape index (κ1) is 25.3. The zero-order chi connectivity index (χ0) is 26.7. The number of halogens is 3. The van der Waals surface area contributed by atoms with Crippen LogP contribution in [0.5, 0.6) is 0 Å². The maximum Gasteiger partial charge on any atom is 0.417 e. The lowest BCUT2D eigenvalue weighted by molar-refractivity contribution is -0.299. The molecule has 0 bridgehead atoms. The first-order chi connectivity index (χ1) is 18.1. The van der Waals surface area contributed by atoms with E-state index in [1.165, 1.54) is 11.1 Å². The van der Waals surface area contributed by atoms with Gasteiger partial charge < -0.3 is 5.11 Å². The minimum absolute atomic E-state index is 0.0146. The fraction of sp³-hybridized carbons (Fsp3) is 0.438. The van der Waals surface area contributed by atoms with Crippen molar-refractivity contribution < 1.29 is 23.1 Å². The molecule has 38 heavy (non-hydrogen) atoms. The second kappa shape index (κ2) is 9.04. The standard InChI is InChI=1S/C32H32F3NO2/c1-30-19-27(21-8-5-20(6-9-21)7-11-23-4-2-3-17-36-23)29-25-14-12-24(37)18-22(25)10-13-26(29)28(30)15-16-31(30,38)32(33,34)35/h2-9,11,17-18,26-28,38H,10,12-16,19H2,1H3. The van der Waals surface area contributed by atoms with Gasteiger partial charge in [0.1, 0.15) is 0 Å². The molecule has 0 aliphatic heterocycles. The molecule has 5 atom stereocenters. The number of benzene rings is 1. The number of aromatic nitrogens is 1. The summed E-state index contributed by atoms with van der Waals surface area (Å²) in [4.78, 5) is 16.5. The molecule has 0 amide bonds. The molecule has 2 saturated carbocycles. The minimum Gasteiger partial charge on any atom is -0.380 e. The van der Waals surface area contributed by atoms with Gasteiger partial charge in [-0.05, 0) is 96.9 Å². The molecule has 0 saturated heterocycles. The lowest BCUT2D eigenvalue weighted by Crippen LogP contribution is -2.58. The number of nitrogens with zero attached hydrogens (tertiary/aromatic N) is 1. The molecule has 1 heterocycles. The van der Waals surface area contributed by atoms with Crippen LogP contribution in [0.2, 0.25) is 0 Å². The average molecular weight is 520 g/mol. The predicted octanol–water partition coefficient (Wildman–Crippen LogP) is 7.44. The Morgan fingerprint density at radius 2 is 1.82 bits per heavy atom. The Kier molecular flexibility index (Phi) is 6.02. The molecule has 0 radical (unpaired) electrons. The zero-order valence-corrected chi connectivity index (χ0v) is 21.5. The van der Waals surface area contributed by atoms with Crippen molar-refractivity contribution in [2.45, 2.75) is 69.6 Å². The third-order valence-electron chi connectivity index (χ3n) is 9.83. The van der Waals surface area contributed by atoms with Crippen molar-refractivity contribution in [1.29, 1.82) is 0 Å². The van der Waals surface area contributed by atoms with Crippen molar-refractivity contribution in [1.82, 2.24) is 4.98 Å². The van der Waals surface area contributed by atoms with Gasteiger partial charge >= 0.3 is 6.18 Å². The molecule has 198 valence electrons. The molecule has 3 nitrogen and oxygen atoms in total.